The largest absolute Gasteiger partial charge is 0.465 e. The predicted octanol–water partition coefficient (Wildman–Crippen LogP) is 2.57. The second-order valence-corrected chi connectivity index (χ2v) is 6.11. The topological polar surface area (TPSA) is 41.6 Å². The number of rotatable bonds is 7. The van der Waals surface area contributed by atoms with E-state index < -0.39 is 5.54 Å². The number of esters is 1. The van der Waals surface area contributed by atoms with Gasteiger partial charge in [-0.1, -0.05) is 13.3 Å². The van der Waals surface area contributed by atoms with Crippen molar-refractivity contribution in [1.29, 1.82) is 0 Å². The van der Waals surface area contributed by atoms with Gasteiger partial charge in [0.15, 0.2) is 0 Å². The maximum Gasteiger partial charge on any atom is 0.326 e. The summed E-state index contributed by atoms with van der Waals surface area (Å²) in [6.45, 7) is 6.83. The molecule has 1 N–H and O–H groups in total. The first-order chi connectivity index (χ1) is 9.50. The molecule has 0 aliphatic heterocycles. The van der Waals surface area contributed by atoms with Crippen LogP contribution in [0.5, 0.6) is 0 Å². The zero-order chi connectivity index (χ0) is 15.2. The van der Waals surface area contributed by atoms with Gasteiger partial charge in [0.25, 0.3) is 0 Å². The lowest BCUT2D eigenvalue weighted by Crippen LogP contribution is -2.58. The molecule has 0 heterocycles. The van der Waals surface area contributed by atoms with Crippen LogP contribution in [0.4, 0.5) is 0 Å². The molecule has 118 valence electrons. The lowest BCUT2D eigenvalue weighted by molar-refractivity contribution is -0.153. The Bertz CT molecular complexity index is 309. The minimum absolute atomic E-state index is 0.0799. The molecule has 0 radical (unpaired) electrons. The summed E-state index contributed by atoms with van der Waals surface area (Å²) < 4.78 is 5.29. The zero-order valence-corrected chi connectivity index (χ0v) is 13.9. The van der Waals surface area contributed by atoms with Gasteiger partial charge in [-0.05, 0) is 60.0 Å². The van der Waals surface area contributed by atoms with Gasteiger partial charge in [0, 0.05) is 12.1 Å². The van der Waals surface area contributed by atoms with Crippen LogP contribution in [0.1, 0.15) is 59.3 Å². The average molecular weight is 284 g/mol. The standard InChI is InChI=1S/C16H32N2O2/c1-6-9-13(3)18(5)14-10-8-11-16(12-14,17-4)15(19)20-7-2/h13-14,17H,6-12H2,1-5H3. The van der Waals surface area contributed by atoms with Crippen molar-refractivity contribution in [3.05, 3.63) is 0 Å². The van der Waals surface area contributed by atoms with Crippen LogP contribution in [0.15, 0.2) is 0 Å². The number of carbonyl (C=O) groups excluding carboxylic acids is 1. The second kappa shape index (κ2) is 7.99. The highest BCUT2D eigenvalue weighted by atomic mass is 16.5. The van der Waals surface area contributed by atoms with Crippen LogP contribution < -0.4 is 5.32 Å². The maximum atomic E-state index is 12.3. The summed E-state index contributed by atoms with van der Waals surface area (Å²) in [5.74, 6) is -0.0799. The van der Waals surface area contributed by atoms with Crippen LogP contribution in [0.25, 0.3) is 0 Å². The van der Waals surface area contributed by atoms with Crippen molar-refractivity contribution in [2.75, 3.05) is 20.7 Å². The Balaban J connectivity index is 2.75. The molecule has 1 rings (SSSR count). The highest BCUT2D eigenvalue weighted by Gasteiger charge is 2.44. The van der Waals surface area contributed by atoms with Crippen LogP contribution in [0, 0.1) is 0 Å². The summed E-state index contributed by atoms with van der Waals surface area (Å²) in [5, 5.41) is 3.26. The van der Waals surface area contributed by atoms with Gasteiger partial charge in [-0.25, -0.2) is 0 Å². The van der Waals surface area contributed by atoms with E-state index in [2.05, 4.69) is 31.1 Å². The summed E-state index contributed by atoms with van der Waals surface area (Å²) in [6.07, 6.45) is 6.40. The molecule has 0 aromatic rings. The monoisotopic (exact) mass is 284 g/mol. The fraction of sp³-hybridized carbons (Fsp3) is 0.938. The Morgan fingerprint density at radius 2 is 2.20 bits per heavy atom. The number of hydrogen-bond acceptors (Lipinski definition) is 4. The number of hydrogen-bond donors (Lipinski definition) is 1. The lowest BCUT2D eigenvalue weighted by atomic mass is 9.78. The Kier molecular flexibility index (Phi) is 6.96. The fourth-order valence-corrected chi connectivity index (χ4v) is 3.36. The molecule has 20 heavy (non-hydrogen) atoms. The van der Waals surface area contributed by atoms with Crippen LogP contribution in [0.2, 0.25) is 0 Å². The van der Waals surface area contributed by atoms with Crippen LogP contribution in [0.3, 0.4) is 0 Å². The SMILES string of the molecule is CCCC(C)N(C)C1CCCC(NC)(C(=O)OCC)C1. The molecule has 0 spiro atoms. The molecule has 4 heteroatoms. The number of nitrogens with one attached hydrogen (secondary N) is 1. The van der Waals surface area contributed by atoms with Crippen LogP contribution in [-0.4, -0.2) is 49.2 Å². The molecule has 1 fully saturated rings. The molecule has 3 atom stereocenters. The minimum Gasteiger partial charge on any atom is -0.465 e. The first kappa shape index (κ1) is 17.4. The van der Waals surface area contributed by atoms with Crippen molar-refractivity contribution >= 4 is 5.97 Å². The van der Waals surface area contributed by atoms with Crippen molar-refractivity contribution in [2.45, 2.75) is 76.9 Å². The van der Waals surface area contributed by atoms with Gasteiger partial charge in [-0.2, -0.15) is 0 Å². The third-order valence-electron chi connectivity index (χ3n) is 4.85. The van der Waals surface area contributed by atoms with Crippen molar-refractivity contribution in [3.8, 4) is 0 Å². The third-order valence-corrected chi connectivity index (χ3v) is 4.85. The molecule has 0 saturated heterocycles. The van der Waals surface area contributed by atoms with E-state index in [4.69, 9.17) is 4.74 Å². The van der Waals surface area contributed by atoms with Gasteiger partial charge in [-0.3, -0.25) is 4.79 Å². The highest BCUT2D eigenvalue weighted by molar-refractivity contribution is 5.81. The Morgan fingerprint density at radius 3 is 2.75 bits per heavy atom. The quantitative estimate of drug-likeness (QED) is 0.730. The third kappa shape index (κ3) is 3.95. The summed E-state index contributed by atoms with van der Waals surface area (Å²) in [4.78, 5) is 14.8. The molecule has 1 saturated carbocycles. The molecular weight excluding hydrogens is 252 g/mol. The first-order valence-electron chi connectivity index (χ1n) is 8.08. The molecule has 4 nitrogen and oxygen atoms in total. The summed E-state index contributed by atoms with van der Waals surface area (Å²) >= 11 is 0. The van der Waals surface area contributed by atoms with Crippen molar-refractivity contribution in [2.24, 2.45) is 0 Å². The van der Waals surface area contributed by atoms with Crippen LogP contribution >= 0.6 is 0 Å². The number of nitrogens with zero attached hydrogens (tertiary/aromatic N) is 1. The van der Waals surface area contributed by atoms with Gasteiger partial charge >= 0.3 is 5.97 Å². The fourth-order valence-electron chi connectivity index (χ4n) is 3.36. The lowest BCUT2D eigenvalue weighted by Gasteiger charge is -2.43. The normalized spacial score (nSPS) is 28.4. The van der Waals surface area contributed by atoms with Gasteiger partial charge in [0.1, 0.15) is 5.54 Å². The van der Waals surface area contributed by atoms with E-state index in [1.807, 2.05) is 14.0 Å². The summed E-state index contributed by atoms with van der Waals surface area (Å²) in [7, 11) is 4.08. The molecule has 0 bridgehead atoms. The Morgan fingerprint density at radius 1 is 1.50 bits per heavy atom. The number of carbonyl (C=O) groups is 1. The molecule has 3 unspecified atom stereocenters. The molecule has 1 aliphatic carbocycles. The Hall–Kier alpha value is -0.610. The van der Waals surface area contributed by atoms with Gasteiger partial charge in [0.2, 0.25) is 0 Å². The molecule has 0 aromatic heterocycles. The number of likely N-dealkylation sites (N-methyl/N-ethyl adjacent to an activating group) is 1. The highest BCUT2D eigenvalue weighted by Crippen LogP contribution is 2.32. The molecule has 1 aliphatic rings. The molecular formula is C16H32N2O2. The predicted molar refractivity (Wildman–Crippen MR) is 82.8 cm³/mol. The van der Waals surface area contributed by atoms with E-state index in [1.165, 1.54) is 19.3 Å². The van der Waals surface area contributed by atoms with Gasteiger partial charge < -0.3 is 15.0 Å². The Labute approximate surface area is 124 Å². The van der Waals surface area contributed by atoms with Gasteiger partial charge in [0.05, 0.1) is 6.61 Å². The van der Waals surface area contributed by atoms with Crippen molar-refractivity contribution < 1.29 is 9.53 Å². The van der Waals surface area contributed by atoms with E-state index in [1.54, 1.807) is 0 Å². The number of ether oxygens (including phenoxy) is 1. The van der Waals surface area contributed by atoms with E-state index in [-0.39, 0.29) is 5.97 Å². The minimum atomic E-state index is -0.487. The van der Waals surface area contributed by atoms with E-state index in [9.17, 15) is 4.79 Å². The van der Waals surface area contributed by atoms with Crippen LogP contribution in [-0.2, 0) is 9.53 Å². The second-order valence-electron chi connectivity index (χ2n) is 6.11. The summed E-state index contributed by atoms with van der Waals surface area (Å²) in [6, 6.07) is 1.03. The van der Waals surface area contributed by atoms with Gasteiger partial charge in [-0.15, -0.1) is 0 Å². The van der Waals surface area contributed by atoms with Crippen molar-refractivity contribution in [3.63, 3.8) is 0 Å². The molecule has 0 amide bonds. The summed E-state index contributed by atoms with van der Waals surface area (Å²) in [5.41, 5.74) is -0.487. The van der Waals surface area contributed by atoms with Crippen molar-refractivity contribution in [1.82, 2.24) is 10.2 Å². The average Bonchev–Trinajstić information content (AvgIpc) is 2.46. The first-order valence-corrected chi connectivity index (χ1v) is 8.08. The van der Waals surface area contributed by atoms with E-state index >= 15 is 0 Å². The smallest absolute Gasteiger partial charge is 0.326 e. The maximum absolute atomic E-state index is 12.3. The molecule has 0 aromatic carbocycles. The van der Waals surface area contributed by atoms with E-state index in [0.29, 0.717) is 18.7 Å². The van der Waals surface area contributed by atoms with E-state index in [0.717, 1.165) is 19.3 Å². The zero-order valence-electron chi connectivity index (χ0n) is 13.9.